The molecule has 0 aliphatic heterocycles. The van der Waals surface area contributed by atoms with Gasteiger partial charge in [-0.25, -0.2) is 4.98 Å². The lowest BCUT2D eigenvalue weighted by Crippen LogP contribution is -2.12. The first kappa shape index (κ1) is 21.7. The Labute approximate surface area is 187 Å². The summed E-state index contributed by atoms with van der Waals surface area (Å²) in [7, 11) is 1.76. The molecule has 4 aromatic rings. The van der Waals surface area contributed by atoms with E-state index in [1.165, 1.54) is 18.2 Å². The lowest BCUT2D eigenvalue weighted by atomic mass is 9.92. The Hall–Kier alpha value is -2.51. The van der Waals surface area contributed by atoms with Gasteiger partial charge in [0.05, 0.1) is 26.8 Å². The van der Waals surface area contributed by atoms with E-state index in [-0.39, 0.29) is 16.0 Å². The minimum absolute atomic E-state index is 0.0449. The number of halogens is 5. The first-order chi connectivity index (χ1) is 14.4. The van der Waals surface area contributed by atoms with E-state index in [2.05, 4.69) is 15.1 Å². The number of alkyl halides is 3. The van der Waals surface area contributed by atoms with Crippen molar-refractivity contribution in [1.29, 1.82) is 0 Å². The van der Waals surface area contributed by atoms with Crippen LogP contribution in [0.25, 0.3) is 33.7 Å². The summed E-state index contributed by atoms with van der Waals surface area (Å²) in [5.74, 6) is 0.439. The van der Waals surface area contributed by atoms with Gasteiger partial charge >= 0.3 is 6.18 Å². The van der Waals surface area contributed by atoms with Crippen molar-refractivity contribution in [1.82, 2.24) is 19.7 Å². The molecule has 4 nitrogen and oxygen atoms in total. The molecule has 9 heteroatoms. The van der Waals surface area contributed by atoms with Crippen LogP contribution in [0.15, 0.2) is 36.4 Å². The van der Waals surface area contributed by atoms with E-state index in [0.29, 0.717) is 33.1 Å². The van der Waals surface area contributed by atoms with Crippen molar-refractivity contribution < 1.29 is 13.2 Å². The SMILES string of the molecule is Cn1nc(C(C)(C)C)c(Cl)c1-c1nc2c(Cl)cc(-c3ccccc3C(F)(F)F)cc2[nH]1. The van der Waals surface area contributed by atoms with Crippen LogP contribution in [0, 0.1) is 0 Å². The number of nitrogens with one attached hydrogen (secondary N) is 1. The summed E-state index contributed by atoms with van der Waals surface area (Å²) < 4.78 is 42.1. The number of rotatable bonds is 2. The third-order valence-corrected chi connectivity index (χ3v) is 5.65. The monoisotopic (exact) mass is 466 g/mol. The van der Waals surface area contributed by atoms with Gasteiger partial charge in [0.15, 0.2) is 5.82 Å². The predicted octanol–water partition coefficient (Wildman–Crippen LogP) is 7.25. The molecular weight excluding hydrogens is 448 g/mol. The maximum atomic E-state index is 13.5. The van der Waals surface area contributed by atoms with Gasteiger partial charge in [0.2, 0.25) is 0 Å². The second-order valence-electron chi connectivity index (χ2n) is 8.37. The molecule has 1 N–H and O–H groups in total. The van der Waals surface area contributed by atoms with Gasteiger partial charge in [-0.2, -0.15) is 18.3 Å². The van der Waals surface area contributed by atoms with Crippen molar-refractivity contribution >= 4 is 34.2 Å². The zero-order chi connectivity index (χ0) is 22.7. The highest BCUT2D eigenvalue weighted by molar-refractivity contribution is 6.35. The maximum Gasteiger partial charge on any atom is 0.417 e. The summed E-state index contributed by atoms with van der Waals surface area (Å²) in [6.45, 7) is 6.01. The van der Waals surface area contributed by atoms with Crippen LogP contribution >= 0.6 is 23.2 Å². The summed E-state index contributed by atoms with van der Waals surface area (Å²) >= 11 is 13.0. The molecule has 0 spiro atoms. The molecule has 0 saturated carbocycles. The van der Waals surface area contributed by atoms with Crippen LogP contribution in [0.3, 0.4) is 0 Å². The Morgan fingerprint density at radius 3 is 2.32 bits per heavy atom. The number of H-pyrrole nitrogens is 1. The lowest BCUT2D eigenvalue weighted by molar-refractivity contribution is -0.137. The van der Waals surface area contributed by atoms with E-state index in [1.54, 1.807) is 23.9 Å². The van der Waals surface area contributed by atoms with E-state index in [1.807, 2.05) is 20.8 Å². The van der Waals surface area contributed by atoms with Crippen molar-refractivity contribution in [2.75, 3.05) is 0 Å². The first-order valence-electron chi connectivity index (χ1n) is 9.47. The summed E-state index contributed by atoms with van der Waals surface area (Å²) in [6.07, 6.45) is -4.48. The number of hydrogen-bond donors (Lipinski definition) is 1. The van der Waals surface area contributed by atoms with Gasteiger partial charge < -0.3 is 4.98 Å². The van der Waals surface area contributed by atoms with Crippen LogP contribution in [0.4, 0.5) is 13.2 Å². The van der Waals surface area contributed by atoms with E-state index in [0.717, 1.165) is 11.8 Å². The van der Waals surface area contributed by atoms with Crippen molar-refractivity contribution in [3.63, 3.8) is 0 Å². The molecule has 0 unspecified atom stereocenters. The van der Waals surface area contributed by atoms with Crippen molar-refractivity contribution in [2.24, 2.45) is 7.05 Å². The fourth-order valence-electron chi connectivity index (χ4n) is 3.56. The van der Waals surface area contributed by atoms with Crippen LogP contribution in [0.5, 0.6) is 0 Å². The number of fused-ring (bicyclic) bond motifs is 1. The molecule has 2 heterocycles. The Morgan fingerprint density at radius 2 is 1.71 bits per heavy atom. The summed E-state index contributed by atoms with van der Waals surface area (Å²) in [5.41, 5.74) is 1.63. The number of benzene rings is 2. The van der Waals surface area contributed by atoms with Gasteiger partial charge in [-0.1, -0.05) is 62.2 Å². The fraction of sp³-hybridized carbons (Fsp3) is 0.273. The van der Waals surface area contributed by atoms with E-state index >= 15 is 0 Å². The molecule has 0 bridgehead atoms. The Morgan fingerprint density at radius 1 is 1.03 bits per heavy atom. The average Bonchev–Trinajstić information content (AvgIpc) is 3.21. The zero-order valence-corrected chi connectivity index (χ0v) is 18.7. The van der Waals surface area contributed by atoms with Crippen LogP contribution < -0.4 is 0 Å². The molecule has 0 amide bonds. The van der Waals surface area contributed by atoms with E-state index in [9.17, 15) is 13.2 Å². The number of aromatic nitrogens is 4. The third kappa shape index (κ3) is 3.81. The highest BCUT2D eigenvalue weighted by Crippen LogP contribution is 2.40. The number of aromatic amines is 1. The number of nitrogens with zero attached hydrogens (tertiary/aromatic N) is 3. The second kappa shape index (κ2) is 7.28. The van der Waals surface area contributed by atoms with Crippen molar-refractivity contribution in [3.05, 3.63) is 57.7 Å². The maximum absolute atomic E-state index is 13.5. The molecule has 0 fully saturated rings. The van der Waals surface area contributed by atoms with Gasteiger partial charge in [0, 0.05) is 12.5 Å². The van der Waals surface area contributed by atoms with Crippen LogP contribution in [-0.4, -0.2) is 19.7 Å². The summed E-state index contributed by atoms with van der Waals surface area (Å²) in [5, 5.41) is 5.22. The Balaban J connectivity index is 1.89. The first-order valence-corrected chi connectivity index (χ1v) is 10.2. The number of aryl methyl sites for hydroxylation is 1. The molecule has 162 valence electrons. The number of hydrogen-bond acceptors (Lipinski definition) is 2. The highest BCUT2D eigenvalue weighted by Gasteiger charge is 2.33. The van der Waals surface area contributed by atoms with E-state index < -0.39 is 11.7 Å². The molecule has 4 rings (SSSR count). The van der Waals surface area contributed by atoms with Crippen molar-refractivity contribution in [2.45, 2.75) is 32.4 Å². The Kier molecular flexibility index (Phi) is 5.10. The number of imidazole rings is 1. The minimum Gasteiger partial charge on any atom is -0.337 e. The van der Waals surface area contributed by atoms with Gasteiger partial charge in [-0.05, 0) is 29.3 Å². The van der Waals surface area contributed by atoms with Gasteiger partial charge in [0.25, 0.3) is 0 Å². The molecule has 2 aromatic heterocycles. The molecule has 0 aliphatic carbocycles. The van der Waals surface area contributed by atoms with Gasteiger partial charge in [-0.15, -0.1) is 0 Å². The Bertz CT molecular complexity index is 1300. The molecular formula is C22H19Cl2F3N4. The largest absolute Gasteiger partial charge is 0.417 e. The van der Waals surface area contributed by atoms with Crippen molar-refractivity contribution in [3.8, 4) is 22.6 Å². The lowest BCUT2D eigenvalue weighted by Gasteiger charge is -2.15. The van der Waals surface area contributed by atoms with E-state index in [4.69, 9.17) is 23.2 Å². The predicted molar refractivity (Wildman–Crippen MR) is 117 cm³/mol. The van der Waals surface area contributed by atoms with Crippen LogP contribution in [0.2, 0.25) is 10.0 Å². The smallest absolute Gasteiger partial charge is 0.337 e. The standard InChI is InChI=1S/C22H19Cl2F3N4/c1-21(2,3)19-16(24)18(31(4)30-19)20-28-15-10-11(9-14(23)17(15)29-20)12-7-5-6-8-13(12)22(25,26)27/h5-10H,1-4H3,(H,28,29). The molecule has 0 aliphatic rings. The zero-order valence-electron chi connectivity index (χ0n) is 17.2. The topological polar surface area (TPSA) is 46.5 Å². The summed E-state index contributed by atoms with van der Waals surface area (Å²) in [6, 6.07) is 8.49. The molecule has 2 aromatic carbocycles. The summed E-state index contributed by atoms with van der Waals surface area (Å²) in [4.78, 5) is 7.70. The van der Waals surface area contributed by atoms with Gasteiger partial charge in [0.1, 0.15) is 11.2 Å². The molecule has 0 atom stereocenters. The third-order valence-electron chi connectivity index (χ3n) is 5.01. The van der Waals surface area contributed by atoms with Crippen LogP contribution in [0.1, 0.15) is 32.0 Å². The average molecular weight is 467 g/mol. The normalized spacial score (nSPS) is 12.7. The molecule has 0 saturated heterocycles. The van der Waals surface area contributed by atoms with Crippen LogP contribution in [-0.2, 0) is 18.6 Å². The second-order valence-corrected chi connectivity index (χ2v) is 9.15. The fourth-order valence-corrected chi connectivity index (χ4v) is 4.35. The highest BCUT2D eigenvalue weighted by atomic mass is 35.5. The molecule has 31 heavy (non-hydrogen) atoms. The molecule has 0 radical (unpaired) electrons. The van der Waals surface area contributed by atoms with Gasteiger partial charge in [-0.3, -0.25) is 4.68 Å². The minimum atomic E-state index is -4.48. The quantitative estimate of drug-likeness (QED) is 0.338.